The van der Waals surface area contributed by atoms with Gasteiger partial charge in [-0.2, -0.15) is 0 Å². The van der Waals surface area contributed by atoms with Gasteiger partial charge in [-0.05, 0) is 62.7 Å². The van der Waals surface area contributed by atoms with Gasteiger partial charge in [0.15, 0.2) is 0 Å². The molecule has 6 heteroatoms. The zero-order valence-electron chi connectivity index (χ0n) is 20.5. The molecule has 0 saturated heterocycles. The van der Waals surface area contributed by atoms with E-state index >= 15 is 0 Å². The molecule has 0 aromatic carbocycles. The first-order valence-electron chi connectivity index (χ1n) is 11.7. The number of hydrogen-bond acceptors (Lipinski definition) is 6. The van der Waals surface area contributed by atoms with Crippen LogP contribution in [-0.2, 0) is 28.6 Å². The maximum Gasteiger partial charge on any atom is 0.330 e. The Hall–Kier alpha value is -2.11. The fraction of sp³-hybridized carbons (Fsp3) is 0.731. The predicted octanol–water partition coefficient (Wildman–Crippen LogP) is 5.16. The standard InChI is InChI=1S/C26H40O6/c1-18(16-24(29)31-6)8-10-20-19(2)9-11-21-25(3,14-7-15-26(20,21)4)17-32-23(28)13-12-22(27)30-5/h16,20-21H,2,7-15,17H2,1,3-6H3/b18-16+/t20-,21+,25+,26+/m0/s1. The number of carbonyl (C=O) groups is 3. The van der Waals surface area contributed by atoms with Crippen LogP contribution in [0.3, 0.4) is 0 Å². The minimum Gasteiger partial charge on any atom is -0.469 e. The zero-order chi connectivity index (χ0) is 23.9. The molecule has 2 rings (SSSR count). The summed E-state index contributed by atoms with van der Waals surface area (Å²) in [5, 5.41) is 0. The minimum atomic E-state index is -0.399. The molecule has 0 unspecified atom stereocenters. The van der Waals surface area contributed by atoms with Gasteiger partial charge in [-0.25, -0.2) is 4.79 Å². The molecule has 0 aliphatic heterocycles. The van der Waals surface area contributed by atoms with Crippen molar-refractivity contribution in [2.45, 2.75) is 78.6 Å². The first-order valence-corrected chi connectivity index (χ1v) is 11.7. The zero-order valence-corrected chi connectivity index (χ0v) is 20.5. The molecule has 0 amide bonds. The van der Waals surface area contributed by atoms with Crippen LogP contribution in [0, 0.1) is 22.7 Å². The van der Waals surface area contributed by atoms with Crippen molar-refractivity contribution in [2.75, 3.05) is 20.8 Å². The molecule has 0 N–H and O–H groups in total. The highest BCUT2D eigenvalue weighted by molar-refractivity contribution is 5.82. The van der Waals surface area contributed by atoms with Gasteiger partial charge in [0.1, 0.15) is 0 Å². The van der Waals surface area contributed by atoms with Crippen molar-refractivity contribution >= 4 is 17.9 Å². The van der Waals surface area contributed by atoms with Gasteiger partial charge in [-0.15, -0.1) is 0 Å². The lowest BCUT2D eigenvalue weighted by atomic mass is 9.47. The van der Waals surface area contributed by atoms with Crippen molar-refractivity contribution in [2.24, 2.45) is 22.7 Å². The van der Waals surface area contributed by atoms with Crippen LogP contribution in [0.2, 0.25) is 0 Å². The summed E-state index contributed by atoms with van der Waals surface area (Å²) in [6.45, 7) is 11.4. The molecule has 32 heavy (non-hydrogen) atoms. The van der Waals surface area contributed by atoms with E-state index in [1.54, 1.807) is 6.08 Å². The Labute approximate surface area is 192 Å². The van der Waals surface area contributed by atoms with Gasteiger partial charge < -0.3 is 14.2 Å². The number of rotatable bonds is 9. The summed E-state index contributed by atoms with van der Waals surface area (Å²) in [6.07, 6.45) is 8.75. The second-order valence-electron chi connectivity index (χ2n) is 10.1. The third-order valence-electron chi connectivity index (χ3n) is 7.86. The fourth-order valence-electron chi connectivity index (χ4n) is 6.12. The lowest BCUT2D eigenvalue weighted by Gasteiger charge is -2.58. The number of hydrogen-bond donors (Lipinski definition) is 0. The molecule has 0 aromatic rings. The Bertz CT molecular complexity index is 753. The lowest BCUT2D eigenvalue weighted by Crippen LogP contribution is -2.52. The van der Waals surface area contributed by atoms with Crippen molar-refractivity contribution in [3.8, 4) is 0 Å². The molecular weight excluding hydrogens is 408 g/mol. The lowest BCUT2D eigenvalue weighted by molar-refractivity contribution is -0.157. The smallest absolute Gasteiger partial charge is 0.330 e. The summed E-state index contributed by atoms with van der Waals surface area (Å²) in [7, 11) is 2.71. The van der Waals surface area contributed by atoms with Crippen LogP contribution in [-0.4, -0.2) is 38.7 Å². The third kappa shape index (κ3) is 6.23. The monoisotopic (exact) mass is 448 g/mol. The Morgan fingerprint density at radius 2 is 1.75 bits per heavy atom. The topological polar surface area (TPSA) is 78.9 Å². The van der Waals surface area contributed by atoms with Crippen LogP contribution in [0.1, 0.15) is 78.6 Å². The Balaban J connectivity index is 2.08. The maximum absolute atomic E-state index is 12.2. The van der Waals surface area contributed by atoms with E-state index in [0.717, 1.165) is 50.5 Å². The summed E-state index contributed by atoms with van der Waals surface area (Å²) < 4.78 is 15.0. The van der Waals surface area contributed by atoms with Gasteiger partial charge in [0, 0.05) is 11.5 Å². The third-order valence-corrected chi connectivity index (χ3v) is 7.86. The second kappa shape index (κ2) is 11.2. The molecule has 0 radical (unpaired) electrons. The number of allylic oxidation sites excluding steroid dienone is 2. The fourth-order valence-corrected chi connectivity index (χ4v) is 6.12. The van der Waals surface area contributed by atoms with E-state index in [0.29, 0.717) is 18.4 Å². The molecule has 6 nitrogen and oxygen atoms in total. The van der Waals surface area contributed by atoms with Crippen molar-refractivity contribution in [3.05, 3.63) is 23.8 Å². The molecule has 0 aromatic heterocycles. The van der Waals surface area contributed by atoms with Gasteiger partial charge in [-0.1, -0.05) is 38.0 Å². The molecule has 180 valence electrons. The first-order chi connectivity index (χ1) is 15.1. The number of carbonyl (C=O) groups excluding carboxylic acids is 3. The highest BCUT2D eigenvalue weighted by atomic mass is 16.5. The van der Waals surface area contributed by atoms with Gasteiger partial charge in [0.25, 0.3) is 0 Å². The van der Waals surface area contributed by atoms with Crippen molar-refractivity contribution < 1.29 is 28.6 Å². The van der Waals surface area contributed by atoms with E-state index in [4.69, 9.17) is 9.47 Å². The van der Waals surface area contributed by atoms with E-state index < -0.39 is 5.97 Å². The second-order valence-corrected chi connectivity index (χ2v) is 10.1. The molecule has 0 spiro atoms. The number of ether oxygens (including phenoxy) is 3. The van der Waals surface area contributed by atoms with E-state index in [9.17, 15) is 14.4 Å². The highest BCUT2D eigenvalue weighted by Crippen LogP contribution is 2.62. The van der Waals surface area contributed by atoms with Crippen LogP contribution in [0.25, 0.3) is 0 Å². The molecule has 0 heterocycles. The molecular formula is C26H40O6. The van der Waals surface area contributed by atoms with E-state index in [-0.39, 0.29) is 35.6 Å². The summed E-state index contributed by atoms with van der Waals surface area (Å²) in [6, 6.07) is 0. The Kier molecular flexibility index (Phi) is 9.11. The molecule has 0 bridgehead atoms. The van der Waals surface area contributed by atoms with Crippen LogP contribution >= 0.6 is 0 Å². The highest BCUT2D eigenvalue weighted by Gasteiger charge is 2.54. The molecule has 2 fully saturated rings. The van der Waals surface area contributed by atoms with E-state index in [1.807, 2.05) is 6.92 Å². The predicted molar refractivity (Wildman–Crippen MR) is 123 cm³/mol. The van der Waals surface area contributed by atoms with Crippen molar-refractivity contribution in [1.82, 2.24) is 0 Å². The van der Waals surface area contributed by atoms with Crippen molar-refractivity contribution in [1.29, 1.82) is 0 Å². The number of esters is 3. The van der Waals surface area contributed by atoms with Gasteiger partial charge >= 0.3 is 17.9 Å². The average Bonchev–Trinajstić information content (AvgIpc) is 2.75. The summed E-state index contributed by atoms with van der Waals surface area (Å²) in [4.78, 5) is 35.1. The van der Waals surface area contributed by atoms with Gasteiger partial charge in [-0.3, -0.25) is 9.59 Å². The largest absolute Gasteiger partial charge is 0.469 e. The van der Waals surface area contributed by atoms with Crippen LogP contribution in [0.4, 0.5) is 0 Å². The maximum atomic E-state index is 12.2. The Morgan fingerprint density at radius 3 is 2.41 bits per heavy atom. The number of fused-ring (bicyclic) bond motifs is 1. The molecule has 2 aliphatic carbocycles. The van der Waals surface area contributed by atoms with Crippen molar-refractivity contribution in [3.63, 3.8) is 0 Å². The van der Waals surface area contributed by atoms with Crippen LogP contribution in [0.5, 0.6) is 0 Å². The quantitative estimate of drug-likeness (QED) is 0.210. The van der Waals surface area contributed by atoms with E-state index in [1.165, 1.54) is 19.8 Å². The number of methoxy groups -OCH3 is 2. The summed E-state index contributed by atoms with van der Waals surface area (Å²) in [5.41, 5.74) is 2.32. The molecule has 2 saturated carbocycles. The van der Waals surface area contributed by atoms with Gasteiger partial charge in [0.2, 0.25) is 0 Å². The van der Waals surface area contributed by atoms with Crippen LogP contribution < -0.4 is 0 Å². The molecule has 4 atom stereocenters. The van der Waals surface area contributed by atoms with E-state index in [2.05, 4.69) is 25.2 Å². The summed E-state index contributed by atoms with van der Waals surface area (Å²) in [5.74, 6) is -0.254. The Morgan fingerprint density at radius 1 is 1.06 bits per heavy atom. The van der Waals surface area contributed by atoms with Crippen LogP contribution in [0.15, 0.2) is 23.8 Å². The average molecular weight is 449 g/mol. The summed E-state index contributed by atoms with van der Waals surface area (Å²) >= 11 is 0. The molecule has 2 aliphatic rings. The normalized spacial score (nSPS) is 30.3. The first kappa shape index (κ1) is 26.1. The minimum absolute atomic E-state index is 0.0491. The SMILES string of the molecule is C=C1CC[C@@H]2[C@@](C)(COC(=O)CCC(=O)OC)CCC[C@]2(C)[C@H]1CC/C(C)=C/C(=O)OC. The van der Waals surface area contributed by atoms with Gasteiger partial charge in [0.05, 0.1) is 33.7 Å².